The van der Waals surface area contributed by atoms with Gasteiger partial charge in [-0.3, -0.25) is 14.9 Å². The van der Waals surface area contributed by atoms with E-state index in [0.717, 1.165) is 42.4 Å². The van der Waals surface area contributed by atoms with Crippen LogP contribution in [0, 0.1) is 0 Å². The highest BCUT2D eigenvalue weighted by Crippen LogP contribution is 2.38. The molecule has 5 rings (SSSR count). The van der Waals surface area contributed by atoms with Crippen molar-refractivity contribution in [2.75, 3.05) is 25.2 Å². The van der Waals surface area contributed by atoms with E-state index < -0.39 is 49.6 Å². The molecule has 13 heteroatoms. The normalized spacial score (nSPS) is 17.8. The first-order valence-electron chi connectivity index (χ1n) is 15.5. The Morgan fingerprint density at radius 3 is 2.45 bits per heavy atom. The Hall–Kier alpha value is -3.59. The first-order valence-corrected chi connectivity index (χ1v) is 15.9. The third-order valence-electron chi connectivity index (χ3n) is 8.77. The summed E-state index contributed by atoms with van der Waals surface area (Å²) < 4.78 is 7.47. The molecule has 0 spiro atoms. The number of aromatic nitrogens is 1. The van der Waals surface area contributed by atoms with Gasteiger partial charge in [0.15, 0.2) is 5.78 Å². The van der Waals surface area contributed by atoms with Crippen LogP contribution in [0.15, 0.2) is 54.6 Å². The summed E-state index contributed by atoms with van der Waals surface area (Å²) in [5, 5.41) is 61.8. The molecule has 2 aromatic carbocycles. The molecule has 2 aliphatic rings. The first kappa shape index (κ1) is 34.7. The third-order valence-corrected chi connectivity index (χ3v) is 9.08. The van der Waals surface area contributed by atoms with E-state index in [1.165, 1.54) is 7.11 Å². The Kier molecular flexibility index (Phi) is 11.2. The number of fused-ring (bicyclic) bond motifs is 2. The zero-order valence-corrected chi connectivity index (χ0v) is 26.7. The van der Waals surface area contributed by atoms with Crippen LogP contribution in [0.4, 0.5) is 5.69 Å². The van der Waals surface area contributed by atoms with E-state index in [4.69, 9.17) is 21.4 Å². The number of anilines is 1. The van der Waals surface area contributed by atoms with Gasteiger partial charge in [0.05, 0.1) is 44.6 Å². The lowest BCUT2D eigenvalue weighted by molar-refractivity contribution is -0.144. The fourth-order valence-corrected chi connectivity index (χ4v) is 6.37. The molecule has 3 aromatic rings. The highest BCUT2D eigenvalue weighted by atomic mass is 35.5. The number of nitrogens with one attached hydrogen (secondary N) is 1. The second kappa shape index (κ2) is 15.1. The van der Waals surface area contributed by atoms with Crippen molar-refractivity contribution in [2.24, 2.45) is 0 Å². The minimum Gasteiger partial charge on any atom is -0.496 e. The topological polar surface area (TPSA) is 185 Å². The molecule has 0 fully saturated rings. The highest BCUT2D eigenvalue weighted by Gasteiger charge is 2.35. The molecule has 5 atom stereocenters. The van der Waals surface area contributed by atoms with E-state index in [1.807, 2.05) is 30.3 Å². The van der Waals surface area contributed by atoms with E-state index in [0.29, 0.717) is 27.7 Å². The van der Waals surface area contributed by atoms with Crippen molar-refractivity contribution in [3.63, 3.8) is 0 Å². The van der Waals surface area contributed by atoms with Gasteiger partial charge >= 0.3 is 0 Å². The van der Waals surface area contributed by atoms with Gasteiger partial charge in [0, 0.05) is 16.4 Å². The summed E-state index contributed by atoms with van der Waals surface area (Å²) in [7, 11) is 1.52. The van der Waals surface area contributed by atoms with E-state index in [1.54, 1.807) is 27.7 Å². The molecule has 7 N–H and O–H groups in total. The molecule has 1 aliphatic carbocycles. The van der Waals surface area contributed by atoms with E-state index in [9.17, 15) is 35.1 Å². The van der Waals surface area contributed by atoms with Crippen molar-refractivity contribution in [1.29, 1.82) is 0 Å². The summed E-state index contributed by atoms with van der Waals surface area (Å²) in [5.74, 6) is -0.371. The Morgan fingerprint density at radius 2 is 1.74 bits per heavy atom. The number of rotatable bonds is 12. The molecule has 0 saturated heterocycles. The molecular weight excluding hydrogens is 630 g/mol. The fraction of sp³-hybridized carbons (Fsp3) is 0.412. The van der Waals surface area contributed by atoms with Crippen molar-refractivity contribution >= 4 is 34.6 Å². The number of nitrogens with zero attached hydrogens (tertiary/aromatic N) is 2. The van der Waals surface area contributed by atoms with Crippen LogP contribution in [0.1, 0.15) is 63.4 Å². The van der Waals surface area contributed by atoms with Crippen molar-refractivity contribution in [3.05, 3.63) is 87.7 Å². The van der Waals surface area contributed by atoms with Crippen LogP contribution in [-0.4, -0.2) is 97.8 Å². The molecule has 0 radical (unpaired) electrons. The molecule has 252 valence electrons. The Balaban J connectivity index is 1.38. The standard InChI is InChI=1S/C34H40ClN3O9/c1-47-29-14-22(19-7-3-2-4-8-19)24(35)13-23(29)34(46)38-17-21-11-12-26(37(21)16-20-9-5-6-10-25(20)38)27(40)15-36-33(45)32(44)31(43)30(42)28(41)18-39/h5-7,9-14,28,30-33,36,39,41-45H,2-4,8,15-18H2,1H3. The van der Waals surface area contributed by atoms with Crippen LogP contribution in [0.5, 0.6) is 5.75 Å². The number of Topliss-reactive ketones (excluding diaryl/α,β-unsaturated/α-hetero) is 1. The lowest BCUT2D eigenvalue weighted by atomic mass is 9.92. The number of aliphatic hydroxyl groups excluding tert-OH is 6. The lowest BCUT2D eigenvalue weighted by Gasteiger charge is -2.28. The fourth-order valence-electron chi connectivity index (χ4n) is 6.08. The number of benzene rings is 2. The molecule has 12 nitrogen and oxygen atoms in total. The van der Waals surface area contributed by atoms with Crippen LogP contribution in [-0.2, 0) is 13.1 Å². The van der Waals surface area contributed by atoms with Crippen molar-refractivity contribution in [2.45, 2.75) is 69.4 Å². The third kappa shape index (κ3) is 7.30. The predicted octanol–water partition coefficient (Wildman–Crippen LogP) is 1.84. The van der Waals surface area contributed by atoms with Gasteiger partial charge in [0.1, 0.15) is 36.4 Å². The van der Waals surface area contributed by atoms with Crippen LogP contribution >= 0.6 is 11.6 Å². The number of para-hydroxylation sites is 1. The number of hydrogen-bond acceptors (Lipinski definition) is 10. The Bertz CT molecular complexity index is 1640. The van der Waals surface area contributed by atoms with Crippen molar-refractivity contribution in [1.82, 2.24) is 9.88 Å². The number of halogens is 1. The maximum absolute atomic E-state index is 14.3. The minimum atomic E-state index is -2.01. The summed E-state index contributed by atoms with van der Waals surface area (Å²) >= 11 is 6.76. The minimum absolute atomic E-state index is 0.128. The molecule has 0 saturated carbocycles. The van der Waals surface area contributed by atoms with E-state index in [2.05, 4.69) is 11.4 Å². The van der Waals surface area contributed by atoms with Crippen molar-refractivity contribution in [3.8, 4) is 5.75 Å². The second-order valence-electron chi connectivity index (χ2n) is 11.8. The molecule has 1 aliphatic heterocycles. The lowest BCUT2D eigenvalue weighted by Crippen LogP contribution is -2.54. The van der Waals surface area contributed by atoms with Gasteiger partial charge in [0.2, 0.25) is 0 Å². The Morgan fingerprint density at radius 1 is 0.979 bits per heavy atom. The molecule has 1 aromatic heterocycles. The predicted molar refractivity (Wildman–Crippen MR) is 174 cm³/mol. The number of hydrogen-bond donors (Lipinski definition) is 7. The quantitative estimate of drug-likeness (QED) is 0.111. The van der Waals surface area contributed by atoms with Crippen LogP contribution in [0.25, 0.3) is 5.57 Å². The van der Waals surface area contributed by atoms with Gasteiger partial charge in [-0.25, -0.2) is 0 Å². The molecule has 47 heavy (non-hydrogen) atoms. The number of aliphatic hydroxyl groups is 6. The smallest absolute Gasteiger partial charge is 0.262 e. The molecule has 5 unspecified atom stereocenters. The molecule has 0 bridgehead atoms. The average molecular weight is 670 g/mol. The van der Waals surface area contributed by atoms with Crippen molar-refractivity contribution < 1.29 is 45.0 Å². The van der Waals surface area contributed by atoms with Gasteiger partial charge in [-0.2, -0.15) is 0 Å². The SMILES string of the molecule is COc1cc(C2=CCCCC2)c(Cl)cc1C(=O)N1Cc2ccc(C(=O)CNC(O)C(O)C(O)C(O)C(O)CO)n2Cc2ccccc21. The van der Waals surface area contributed by atoms with Crippen LogP contribution in [0.3, 0.4) is 0 Å². The number of carbonyl (C=O) groups is 2. The largest absolute Gasteiger partial charge is 0.496 e. The average Bonchev–Trinajstić information content (AvgIpc) is 3.41. The number of carbonyl (C=O) groups excluding carboxylic acids is 2. The molecule has 1 amide bonds. The van der Waals surface area contributed by atoms with Gasteiger partial charge in [-0.1, -0.05) is 35.9 Å². The second-order valence-corrected chi connectivity index (χ2v) is 12.2. The summed E-state index contributed by atoms with van der Waals surface area (Å²) in [6, 6.07) is 14.2. The molecular formula is C34H40ClN3O9. The summed E-state index contributed by atoms with van der Waals surface area (Å²) in [6.45, 7) is -0.924. The first-order chi connectivity index (χ1) is 22.5. The number of methoxy groups -OCH3 is 1. The zero-order chi connectivity index (χ0) is 33.8. The summed E-state index contributed by atoms with van der Waals surface area (Å²) in [6.07, 6.45) is -3.23. The number of ether oxygens (including phenoxy) is 1. The number of ketones is 1. The summed E-state index contributed by atoms with van der Waals surface area (Å²) in [5.41, 5.74) is 4.68. The van der Waals surface area contributed by atoms with Crippen LogP contribution < -0.4 is 15.0 Å². The Labute approximate surface area is 277 Å². The number of amides is 1. The maximum atomic E-state index is 14.3. The summed E-state index contributed by atoms with van der Waals surface area (Å²) in [4.78, 5) is 29.2. The number of allylic oxidation sites excluding steroid dienone is 2. The van der Waals surface area contributed by atoms with Gasteiger partial charge in [0.25, 0.3) is 5.91 Å². The van der Waals surface area contributed by atoms with Gasteiger partial charge in [-0.05, 0) is 72.7 Å². The van der Waals surface area contributed by atoms with Gasteiger partial charge < -0.3 is 44.8 Å². The monoisotopic (exact) mass is 669 g/mol. The van der Waals surface area contributed by atoms with E-state index >= 15 is 0 Å². The zero-order valence-electron chi connectivity index (χ0n) is 25.9. The highest BCUT2D eigenvalue weighted by molar-refractivity contribution is 6.33. The van der Waals surface area contributed by atoms with Crippen LogP contribution in [0.2, 0.25) is 5.02 Å². The maximum Gasteiger partial charge on any atom is 0.262 e. The van der Waals surface area contributed by atoms with E-state index in [-0.39, 0.29) is 24.7 Å². The molecule has 2 heterocycles. The van der Waals surface area contributed by atoms with Gasteiger partial charge in [-0.15, -0.1) is 0 Å².